The van der Waals surface area contributed by atoms with Gasteiger partial charge in [0.05, 0.1) is 13.4 Å². The average molecular weight is 234 g/mol. The minimum atomic E-state index is -0.433. The molecule has 17 heavy (non-hydrogen) atoms. The van der Waals surface area contributed by atoms with Crippen molar-refractivity contribution in [1.82, 2.24) is 9.97 Å². The van der Waals surface area contributed by atoms with E-state index >= 15 is 0 Å². The van der Waals surface area contributed by atoms with Gasteiger partial charge in [-0.3, -0.25) is 4.79 Å². The van der Waals surface area contributed by atoms with Crippen molar-refractivity contribution in [2.75, 3.05) is 7.11 Å². The van der Waals surface area contributed by atoms with Crippen molar-refractivity contribution in [1.29, 1.82) is 0 Å². The Morgan fingerprint density at radius 3 is 2.94 bits per heavy atom. The highest BCUT2D eigenvalue weighted by molar-refractivity contribution is 5.38. The fourth-order valence-electron chi connectivity index (χ4n) is 1.28. The van der Waals surface area contributed by atoms with Crippen molar-refractivity contribution >= 4 is 0 Å². The molecule has 0 saturated carbocycles. The van der Waals surface area contributed by atoms with Gasteiger partial charge in [-0.25, -0.2) is 4.98 Å². The van der Waals surface area contributed by atoms with Crippen molar-refractivity contribution in [2.45, 2.75) is 0 Å². The summed E-state index contributed by atoms with van der Waals surface area (Å²) < 4.78 is 10.2. The van der Waals surface area contributed by atoms with Gasteiger partial charge in [0.2, 0.25) is 5.75 Å². The van der Waals surface area contributed by atoms with Crippen molar-refractivity contribution in [2.24, 2.45) is 0 Å². The molecular weight excluding hydrogens is 224 g/mol. The van der Waals surface area contributed by atoms with E-state index in [1.807, 2.05) is 0 Å². The predicted octanol–water partition coefficient (Wildman–Crippen LogP) is 1.28. The van der Waals surface area contributed by atoms with E-state index in [9.17, 15) is 9.90 Å². The fraction of sp³-hybridized carbons (Fsp3) is 0.0909. The molecule has 0 radical (unpaired) electrons. The number of aromatic hydroxyl groups is 1. The third-order valence-corrected chi connectivity index (χ3v) is 2.01. The third kappa shape index (κ3) is 2.36. The summed E-state index contributed by atoms with van der Waals surface area (Å²) >= 11 is 0. The number of hydrogen-bond acceptors (Lipinski definition) is 5. The van der Waals surface area contributed by atoms with E-state index in [-0.39, 0.29) is 17.4 Å². The monoisotopic (exact) mass is 234 g/mol. The number of aromatic amines is 1. The lowest BCUT2D eigenvalue weighted by atomic mass is 10.3. The van der Waals surface area contributed by atoms with Gasteiger partial charge in [0.1, 0.15) is 11.5 Å². The Kier molecular flexibility index (Phi) is 2.95. The molecule has 1 heterocycles. The van der Waals surface area contributed by atoms with Gasteiger partial charge >= 0.3 is 0 Å². The molecule has 2 N–H and O–H groups in total. The molecule has 0 atom stereocenters. The largest absolute Gasteiger partial charge is 0.508 e. The van der Waals surface area contributed by atoms with Gasteiger partial charge in [0, 0.05) is 6.07 Å². The highest BCUT2D eigenvalue weighted by atomic mass is 16.5. The van der Waals surface area contributed by atoms with Gasteiger partial charge in [-0.15, -0.1) is 0 Å². The van der Waals surface area contributed by atoms with Gasteiger partial charge < -0.3 is 19.6 Å². The second kappa shape index (κ2) is 4.56. The molecule has 1 aromatic heterocycles. The maximum atomic E-state index is 11.4. The predicted molar refractivity (Wildman–Crippen MR) is 59.6 cm³/mol. The smallest absolute Gasteiger partial charge is 0.297 e. The van der Waals surface area contributed by atoms with E-state index in [0.717, 1.165) is 0 Å². The second-order valence-electron chi connectivity index (χ2n) is 3.17. The van der Waals surface area contributed by atoms with Gasteiger partial charge in [-0.2, -0.15) is 0 Å². The SMILES string of the molecule is COc1c(Oc2cccc(O)c2)nc[nH]c1=O. The van der Waals surface area contributed by atoms with Gasteiger partial charge in [0.15, 0.2) is 0 Å². The number of rotatable bonds is 3. The molecule has 6 nitrogen and oxygen atoms in total. The van der Waals surface area contributed by atoms with Crippen LogP contribution in [0, 0.1) is 0 Å². The maximum absolute atomic E-state index is 11.4. The number of phenols is 1. The molecule has 0 aliphatic carbocycles. The molecule has 0 aliphatic rings. The van der Waals surface area contributed by atoms with Crippen LogP contribution in [-0.4, -0.2) is 22.2 Å². The minimum Gasteiger partial charge on any atom is -0.508 e. The number of ether oxygens (including phenoxy) is 2. The van der Waals surface area contributed by atoms with E-state index in [4.69, 9.17) is 9.47 Å². The van der Waals surface area contributed by atoms with E-state index in [1.165, 1.54) is 25.6 Å². The standard InChI is InChI=1S/C11H10N2O4/c1-16-9-10(15)12-6-13-11(9)17-8-4-2-3-7(14)5-8/h2-6,14H,1H3,(H,12,13,15). The number of aromatic nitrogens is 2. The molecule has 0 saturated heterocycles. The van der Waals surface area contributed by atoms with Crippen LogP contribution < -0.4 is 15.0 Å². The summed E-state index contributed by atoms with van der Waals surface area (Å²) in [6.07, 6.45) is 1.21. The fourth-order valence-corrected chi connectivity index (χ4v) is 1.28. The van der Waals surface area contributed by atoms with Crippen LogP contribution in [-0.2, 0) is 0 Å². The lowest BCUT2D eigenvalue weighted by Gasteiger charge is -2.07. The topological polar surface area (TPSA) is 84.4 Å². The van der Waals surface area contributed by atoms with Crippen molar-refractivity contribution in [3.05, 3.63) is 40.9 Å². The number of hydrogen-bond donors (Lipinski definition) is 2. The number of nitrogens with zero attached hydrogens (tertiary/aromatic N) is 1. The summed E-state index contributed by atoms with van der Waals surface area (Å²) in [4.78, 5) is 17.6. The van der Waals surface area contributed by atoms with Crippen LogP contribution in [0.2, 0.25) is 0 Å². The molecule has 2 aromatic rings. The van der Waals surface area contributed by atoms with Crippen molar-refractivity contribution < 1.29 is 14.6 Å². The summed E-state index contributed by atoms with van der Waals surface area (Å²) in [7, 11) is 1.35. The summed E-state index contributed by atoms with van der Waals surface area (Å²) in [5.41, 5.74) is -0.433. The molecule has 0 amide bonds. The Morgan fingerprint density at radius 1 is 1.41 bits per heavy atom. The van der Waals surface area contributed by atoms with Crippen LogP contribution in [0.3, 0.4) is 0 Å². The summed E-state index contributed by atoms with van der Waals surface area (Å²) in [6.45, 7) is 0. The normalized spacial score (nSPS) is 9.94. The van der Waals surface area contributed by atoms with Crippen LogP contribution in [0.5, 0.6) is 23.1 Å². The van der Waals surface area contributed by atoms with Crippen molar-refractivity contribution in [3.8, 4) is 23.1 Å². The van der Waals surface area contributed by atoms with E-state index < -0.39 is 5.56 Å². The third-order valence-electron chi connectivity index (χ3n) is 2.01. The van der Waals surface area contributed by atoms with E-state index in [2.05, 4.69) is 9.97 Å². The molecule has 0 spiro atoms. The summed E-state index contributed by atoms with van der Waals surface area (Å²) in [6, 6.07) is 6.16. The van der Waals surface area contributed by atoms with Crippen molar-refractivity contribution in [3.63, 3.8) is 0 Å². The Balaban J connectivity index is 2.36. The summed E-state index contributed by atoms with van der Waals surface area (Å²) in [5.74, 6) is 0.449. The van der Waals surface area contributed by atoms with E-state index in [0.29, 0.717) is 5.75 Å². The Morgan fingerprint density at radius 2 is 2.24 bits per heavy atom. The lowest BCUT2D eigenvalue weighted by molar-refractivity contribution is 0.362. The molecule has 0 aliphatic heterocycles. The Bertz CT molecular complexity index is 580. The number of phenolic OH excluding ortho intramolecular Hbond substituents is 1. The molecule has 2 rings (SSSR count). The molecule has 0 unspecified atom stereocenters. The highest BCUT2D eigenvalue weighted by Crippen LogP contribution is 2.27. The number of methoxy groups -OCH3 is 1. The van der Waals surface area contributed by atoms with Crippen LogP contribution in [0.1, 0.15) is 0 Å². The zero-order valence-electron chi connectivity index (χ0n) is 9.01. The minimum absolute atomic E-state index is 0.0177. The van der Waals surface area contributed by atoms with Crippen LogP contribution in [0.25, 0.3) is 0 Å². The molecule has 88 valence electrons. The van der Waals surface area contributed by atoms with E-state index in [1.54, 1.807) is 12.1 Å². The average Bonchev–Trinajstić information content (AvgIpc) is 2.29. The zero-order valence-corrected chi connectivity index (χ0v) is 9.01. The maximum Gasteiger partial charge on any atom is 0.297 e. The zero-order chi connectivity index (χ0) is 12.3. The second-order valence-corrected chi connectivity index (χ2v) is 3.17. The van der Waals surface area contributed by atoms with Gasteiger partial charge in [0.25, 0.3) is 11.4 Å². The van der Waals surface area contributed by atoms with Gasteiger partial charge in [-0.1, -0.05) is 6.07 Å². The molecule has 0 bridgehead atoms. The first-order chi connectivity index (χ1) is 8.20. The Hall–Kier alpha value is -2.50. The Labute approximate surface area is 96.5 Å². The lowest BCUT2D eigenvalue weighted by Crippen LogP contribution is -2.10. The first-order valence-corrected chi connectivity index (χ1v) is 4.79. The molecule has 1 aromatic carbocycles. The molecule has 0 fully saturated rings. The summed E-state index contributed by atoms with van der Waals surface area (Å²) in [5, 5.41) is 9.27. The number of nitrogens with one attached hydrogen (secondary N) is 1. The number of H-pyrrole nitrogens is 1. The van der Waals surface area contributed by atoms with Crippen LogP contribution >= 0.6 is 0 Å². The van der Waals surface area contributed by atoms with Crippen LogP contribution in [0.15, 0.2) is 35.4 Å². The molecule has 6 heteroatoms. The first kappa shape index (κ1) is 11.0. The van der Waals surface area contributed by atoms with Crippen LogP contribution in [0.4, 0.5) is 0 Å². The molecular formula is C11H10N2O4. The first-order valence-electron chi connectivity index (χ1n) is 4.79. The quantitative estimate of drug-likeness (QED) is 0.835. The van der Waals surface area contributed by atoms with Gasteiger partial charge in [-0.05, 0) is 12.1 Å². The number of benzene rings is 1. The highest BCUT2D eigenvalue weighted by Gasteiger charge is 2.11.